The predicted molar refractivity (Wildman–Crippen MR) is 65.1 cm³/mol. The number of fused-ring (bicyclic) bond motifs is 1. The van der Waals surface area contributed by atoms with E-state index in [9.17, 15) is 4.79 Å². The van der Waals surface area contributed by atoms with Crippen molar-refractivity contribution in [3.63, 3.8) is 0 Å². The Morgan fingerprint density at radius 1 is 1.39 bits per heavy atom. The zero-order valence-corrected chi connectivity index (χ0v) is 9.41. The van der Waals surface area contributed by atoms with Gasteiger partial charge in [0.25, 0.3) is 0 Å². The molecule has 0 fully saturated rings. The minimum atomic E-state index is -0.899. The molecule has 0 aliphatic carbocycles. The Morgan fingerprint density at radius 2 is 2.22 bits per heavy atom. The van der Waals surface area contributed by atoms with Gasteiger partial charge in [0.05, 0.1) is 6.33 Å². The average Bonchev–Trinajstić information content (AvgIpc) is 2.93. The second kappa shape index (κ2) is 4.03. The molecule has 0 bridgehead atoms. The summed E-state index contributed by atoms with van der Waals surface area (Å²) in [7, 11) is 0. The first-order valence-electron chi connectivity index (χ1n) is 5.45. The SMILES string of the molecule is O=C(O)Cn1cnc(-c2cc3ccccc3o2)c1. The second-order valence-electron chi connectivity index (χ2n) is 3.97. The van der Waals surface area contributed by atoms with E-state index in [1.54, 1.807) is 6.20 Å². The van der Waals surface area contributed by atoms with Gasteiger partial charge < -0.3 is 14.1 Å². The van der Waals surface area contributed by atoms with Gasteiger partial charge >= 0.3 is 5.97 Å². The number of imidazole rings is 1. The maximum absolute atomic E-state index is 10.6. The molecule has 0 aliphatic rings. The maximum atomic E-state index is 10.6. The Bertz CT molecular complexity index is 679. The van der Waals surface area contributed by atoms with E-state index in [1.807, 2.05) is 30.3 Å². The molecule has 1 aromatic carbocycles. The average molecular weight is 242 g/mol. The van der Waals surface area contributed by atoms with Crippen LogP contribution in [0.5, 0.6) is 0 Å². The molecule has 1 N–H and O–H groups in total. The molecular formula is C13H10N2O3. The van der Waals surface area contributed by atoms with Crippen molar-refractivity contribution in [2.75, 3.05) is 0 Å². The third-order valence-corrected chi connectivity index (χ3v) is 2.63. The van der Waals surface area contributed by atoms with Crippen molar-refractivity contribution in [1.82, 2.24) is 9.55 Å². The number of hydrogen-bond donors (Lipinski definition) is 1. The van der Waals surface area contributed by atoms with Crippen molar-refractivity contribution in [2.45, 2.75) is 6.54 Å². The Morgan fingerprint density at radius 3 is 3.00 bits per heavy atom. The van der Waals surface area contributed by atoms with Crippen molar-refractivity contribution >= 4 is 16.9 Å². The van der Waals surface area contributed by atoms with Crippen molar-refractivity contribution in [1.29, 1.82) is 0 Å². The molecule has 3 rings (SSSR count). The van der Waals surface area contributed by atoms with E-state index in [2.05, 4.69) is 4.98 Å². The fraction of sp³-hybridized carbons (Fsp3) is 0.0769. The molecular weight excluding hydrogens is 232 g/mol. The van der Waals surface area contributed by atoms with E-state index in [-0.39, 0.29) is 6.54 Å². The molecule has 0 aliphatic heterocycles. The highest BCUT2D eigenvalue weighted by atomic mass is 16.4. The summed E-state index contributed by atoms with van der Waals surface area (Å²) in [6.45, 7) is -0.104. The van der Waals surface area contributed by atoms with Gasteiger partial charge in [-0.25, -0.2) is 4.98 Å². The third-order valence-electron chi connectivity index (χ3n) is 2.63. The zero-order chi connectivity index (χ0) is 12.5. The summed E-state index contributed by atoms with van der Waals surface area (Å²) in [5.74, 6) is -0.260. The molecule has 0 saturated carbocycles. The number of hydrogen-bond acceptors (Lipinski definition) is 3. The molecule has 0 amide bonds. The lowest BCUT2D eigenvalue weighted by Crippen LogP contribution is -2.06. The summed E-state index contributed by atoms with van der Waals surface area (Å²) in [6.07, 6.45) is 3.14. The number of para-hydroxylation sites is 1. The fourth-order valence-corrected chi connectivity index (χ4v) is 1.84. The van der Waals surface area contributed by atoms with Crippen LogP contribution < -0.4 is 0 Å². The van der Waals surface area contributed by atoms with Crippen molar-refractivity contribution in [3.05, 3.63) is 42.9 Å². The molecule has 5 nitrogen and oxygen atoms in total. The summed E-state index contributed by atoms with van der Waals surface area (Å²) in [6, 6.07) is 9.57. The van der Waals surface area contributed by atoms with Crippen LogP contribution >= 0.6 is 0 Å². The van der Waals surface area contributed by atoms with E-state index < -0.39 is 5.97 Å². The van der Waals surface area contributed by atoms with Crippen molar-refractivity contribution in [2.24, 2.45) is 0 Å². The van der Waals surface area contributed by atoms with Gasteiger partial charge in [-0.05, 0) is 12.1 Å². The van der Waals surface area contributed by atoms with Crippen LogP contribution in [0.15, 0.2) is 47.3 Å². The number of benzene rings is 1. The molecule has 0 spiro atoms. The number of rotatable bonds is 3. The van der Waals surface area contributed by atoms with Crippen molar-refractivity contribution in [3.8, 4) is 11.5 Å². The van der Waals surface area contributed by atoms with Crippen molar-refractivity contribution < 1.29 is 14.3 Å². The standard InChI is InChI=1S/C13H10N2O3/c16-13(17)7-15-6-10(14-8-15)12-5-9-3-1-2-4-11(9)18-12/h1-6,8H,7H2,(H,16,17). The van der Waals surface area contributed by atoms with E-state index in [1.165, 1.54) is 10.9 Å². The highest BCUT2D eigenvalue weighted by Gasteiger charge is 2.09. The minimum Gasteiger partial charge on any atom is -0.480 e. The van der Waals surface area contributed by atoms with E-state index in [0.717, 1.165) is 11.0 Å². The van der Waals surface area contributed by atoms with Crippen LogP contribution in [0, 0.1) is 0 Å². The van der Waals surface area contributed by atoms with Gasteiger partial charge in [0, 0.05) is 11.6 Å². The molecule has 3 aromatic rings. The Balaban J connectivity index is 1.98. The van der Waals surface area contributed by atoms with Crippen LogP contribution in [0.2, 0.25) is 0 Å². The molecule has 90 valence electrons. The lowest BCUT2D eigenvalue weighted by atomic mass is 10.2. The van der Waals surface area contributed by atoms with Gasteiger partial charge in [-0.2, -0.15) is 0 Å². The molecule has 5 heteroatoms. The number of furan rings is 1. The molecule has 0 unspecified atom stereocenters. The highest BCUT2D eigenvalue weighted by molar-refractivity contribution is 5.82. The van der Waals surface area contributed by atoms with E-state index in [0.29, 0.717) is 11.5 Å². The smallest absolute Gasteiger partial charge is 0.323 e. The fourth-order valence-electron chi connectivity index (χ4n) is 1.84. The predicted octanol–water partition coefficient (Wildman–Crippen LogP) is 2.38. The summed E-state index contributed by atoms with van der Waals surface area (Å²) in [4.78, 5) is 14.7. The topological polar surface area (TPSA) is 68.3 Å². The van der Waals surface area contributed by atoms with Crippen LogP contribution in [0.3, 0.4) is 0 Å². The third kappa shape index (κ3) is 1.86. The molecule has 18 heavy (non-hydrogen) atoms. The first kappa shape index (κ1) is 10.6. The molecule has 0 atom stereocenters. The number of carboxylic acid groups (broad SMARTS) is 1. The van der Waals surface area contributed by atoms with Gasteiger partial charge in [-0.15, -0.1) is 0 Å². The quantitative estimate of drug-likeness (QED) is 0.765. The second-order valence-corrected chi connectivity index (χ2v) is 3.97. The zero-order valence-electron chi connectivity index (χ0n) is 9.41. The normalized spacial score (nSPS) is 10.9. The van der Waals surface area contributed by atoms with Gasteiger partial charge in [-0.1, -0.05) is 18.2 Å². The number of aromatic nitrogens is 2. The van der Waals surface area contributed by atoms with Gasteiger partial charge in [0.1, 0.15) is 17.8 Å². The van der Waals surface area contributed by atoms with Crippen LogP contribution in [-0.4, -0.2) is 20.6 Å². The Kier molecular flexibility index (Phi) is 2.37. The largest absolute Gasteiger partial charge is 0.480 e. The number of carboxylic acids is 1. The molecule has 2 aromatic heterocycles. The van der Waals surface area contributed by atoms with Crippen LogP contribution in [0.1, 0.15) is 0 Å². The van der Waals surface area contributed by atoms with Gasteiger partial charge in [0.2, 0.25) is 0 Å². The van der Waals surface area contributed by atoms with Crippen LogP contribution in [-0.2, 0) is 11.3 Å². The maximum Gasteiger partial charge on any atom is 0.323 e. The summed E-state index contributed by atoms with van der Waals surface area (Å²) in [5, 5.41) is 9.69. The minimum absolute atomic E-state index is 0.104. The van der Waals surface area contributed by atoms with E-state index in [4.69, 9.17) is 9.52 Å². The summed E-state index contributed by atoms with van der Waals surface area (Å²) < 4.78 is 7.15. The first-order chi connectivity index (χ1) is 8.72. The first-order valence-corrected chi connectivity index (χ1v) is 5.45. The van der Waals surface area contributed by atoms with E-state index >= 15 is 0 Å². The molecule has 0 radical (unpaired) electrons. The number of aliphatic carboxylic acids is 1. The molecule has 0 saturated heterocycles. The lowest BCUT2D eigenvalue weighted by molar-refractivity contribution is -0.137. The number of carbonyl (C=O) groups is 1. The lowest BCUT2D eigenvalue weighted by Gasteiger charge is -1.93. The highest BCUT2D eigenvalue weighted by Crippen LogP contribution is 2.26. The Hall–Kier alpha value is -2.56. The molecule has 2 heterocycles. The summed E-state index contributed by atoms with van der Waals surface area (Å²) >= 11 is 0. The van der Waals surface area contributed by atoms with Crippen LogP contribution in [0.4, 0.5) is 0 Å². The monoisotopic (exact) mass is 242 g/mol. The Labute approximate surface area is 102 Å². The number of nitrogens with zero attached hydrogens (tertiary/aromatic N) is 2. The summed E-state index contributed by atoms with van der Waals surface area (Å²) in [5.41, 5.74) is 1.42. The van der Waals surface area contributed by atoms with Gasteiger partial charge in [0.15, 0.2) is 5.76 Å². The van der Waals surface area contributed by atoms with Crippen LogP contribution in [0.25, 0.3) is 22.4 Å². The van der Waals surface area contributed by atoms with Gasteiger partial charge in [-0.3, -0.25) is 4.79 Å².